The normalized spacial score (nSPS) is 13.8. The summed E-state index contributed by atoms with van der Waals surface area (Å²) in [5.74, 6) is -1.82. The Morgan fingerprint density at radius 3 is 2.50 bits per heavy atom. The van der Waals surface area contributed by atoms with Gasteiger partial charge in [0.15, 0.2) is 0 Å². The van der Waals surface area contributed by atoms with E-state index in [1.165, 1.54) is 0 Å². The minimum absolute atomic E-state index is 0.272. The number of halogens is 1. The van der Waals surface area contributed by atoms with Crippen molar-refractivity contribution in [3.8, 4) is 0 Å². The molecule has 1 aromatic carbocycles. The van der Waals surface area contributed by atoms with Gasteiger partial charge in [0.05, 0.1) is 11.5 Å². The number of hydrogen-bond acceptors (Lipinski definition) is 2. The predicted octanol–water partition coefficient (Wildman–Crippen LogP) is 2.60. The van der Waals surface area contributed by atoms with E-state index in [2.05, 4.69) is 21.2 Å². The maximum absolute atomic E-state index is 12.0. The number of carbonyl (C=O) groups is 2. The number of rotatable bonds is 4. The van der Waals surface area contributed by atoms with Crippen molar-refractivity contribution in [3.05, 3.63) is 33.8 Å². The van der Waals surface area contributed by atoms with E-state index in [9.17, 15) is 9.59 Å². The number of hydrogen-bond donors (Lipinski definition) is 2. The standard InChI is InChI=1S/C13H16BrNO3/c1-7-5-4-6-10(11(7)14)12(16)15-9(3)8(2)13(17)18/h4-6,8-9H,1-3H3,(H,15,16)(H,17,18). The molecule has 1 amide bonds. The van der Waals surface area contributed by atoms with Gasteiger partial charge in [0.1, 0.15) is 0 Å². The number of benzene rings is 1. The first kappa shape index (κ1) is 14.7. The van der Waals surface area contributed by atoms with Crippen molar-refractivity contribution in [2.45, 2.75) is 26.8 Å². The van der Waals surface area contributed by atoms with E-state index in [1.54, 1.807) is 26.0 Å². The Hall–Kier alpha value is -1.36. The van der Waals surface area contributed by atoms with E-state index in [0.717, 1.165) is 10.0 Å². The fraction of sp³-hybridized carbons (Fsp3) is 0.385. The molecule has 0 aliphatic rings. The number of carboxylic acids is 1. The minimum Gasteiger partial charge on any atom is -0.481 e. The van der Waals surface area contributed by atoms with E-state index >= 15 is 0 Å². The van der Waals surface area contributed by atoms with Gasteiger partial charge in [-0.2, -0.15) is 0 Å². The van der Waals surface area contributed by atoms with E-state index in [-0.39, 0.29) is 5.91 Å². The molecular weight excluding hydrogens is 298 g/mol. The molecule has 0 aromatic heterocycles. The summed E-state index contributed by atoms with van der Waals surface area (Å²) in [4.78, 5) is 22.8. The fourth-order valence-electron chi connectivity index (χ4n) is 1.45. The molecule has 4 nitrogen and oxygen atoms in total. The second-order valence-electron chi connectivity index (χ2n) is 4.33. The molecule has 0 bridgehead atoms. The van der Waals surface area contributed by atoms with Crippen molar-refractivity contribution in [2.24, 2.45) is 5.92 Å². The van der Waals surface area contributed by atoms with Crippen LogP contribution in [0.3, 0.4) is 0 Å². The lowest BCUT2D eigenvalue weighted by Crippen LogP contribution is -2.40. The van der Waals surface area contributed by atoms with Gasteiger partial charge in [-0.3, -0.25) is 9.59 Å². The second-order valence-corrected chi connectivity index (χ2v) is 5.12. The monoisotopic (exact) mass is 313 g/mol. The number of aryl methyl sites for hydroxylation is 1. The third-order valence-electron chi connectivity index (χ3n) is 2.93. The van der Waals surface area contributed by atoms with E-state index < -0.39 is 17.9 Å². The van der Waals surface area contributed by atoms with Gasteiger partial charge in [0.25, 0.3) is 5.91 Å². The lowest BCUT2D eigenvalue weighted by atomic mass is 10.0. The average Bonchev–Trinajstić information content (AvgIpc) is 2.31. The van der Waals surface area contributed by atoms with E-state index in [0.29, 0.717) is 5.56 Å². The molecule has 2 atom stereocenters. The highest BCUT2D eigenvalue weighted by Gasteiger charge is 2.22. The van der Waals surface area contributed by atoms with Crippen LogP contribution in [-0.4, -0.2) is 23.0 Å². The van der Waals surface area contributed by atoms with Crippen LogP contribution in [0.2, 0.25) is 0 Å². The maximum Gasteiger partial charge on any atom is 0.308 e. The Balaban J connectivity index is 2.83. The first-order valence-corrected chi connectivity index (χ1v) is 6.42. The molecule has 18 heavy (non-hydrogen) atoms. The summed E-state index contributed by atoms with van der Waals surface area (Å²) in [5.41, 5.74) is 1.47. The van der Waals surface area contributed by atoms with Crippen LogP contribution in [0, 0.1) is 12.8 Å². The zero-order valence-electron chi connectivity index (χ0n) is 10.5. The SMILES string of the molecule is Cc1cccc(C(=O)NC(C)C(C)C(=O)O)c1Br. The first-order chi connectivity index (χ1) is 8.34. The Bertz CT molecular complexity index is 473. The molecule has 1 aromatic rings. The van der Waals surface area contributed by atoms with E-state index in [4.69, 9.17) is 5.11 Å². The third-order valence-corrected chi connectivity index (χ3v) is 3.99. The molecule has 0 aliphatic carbocycles. The number of aliphatic carboxylic acids is 1. The molecule has 0 heterocycles. The van der Waals surface area contributed by atoms with Crippen LogP contribution in [0.1, 0.15) is 29.8 Å². The zero-order valence-corrected chi connectivity index (χ0v) is 12.1. The van der Waals surface area contributed by atoms with Crippen LogP contribution in [0.5, 0.6) is 0 Å². The Labute approximate surface area is 115 Å². The van der Waals surface area contributed by atoms with Gasteiger partial charge in [-0.15, -0.1) is 0 Å². The molecule has 0 saturated heterocycles. The van der Waals surface area contributed by atoms with Crippen LogP contribution < -0.4 is 5.32 Å². The lowest BCUT2D eigenvalue weighted by molar-refractivity contribution is -0.141. The van der Waals surface area contributed by atoms with Gasteiger partial charge in [0.2, 0.25) is 0 Å². The fourth-order valence-corrected chi connectivity index (χ4v) is 1.89. The molecule has 0 spiro atoms. The summed E-state index contributed by atoms with van der Waals surface area (Å²) >= 11 is 3.36. The summed E-state index contributed by atoms with van der Waals surface area (Å²) < 4.78 is 0.734. The molecule has 0 aliphatic heterocycles. The summed E-state index contributed by atoms with van der Waals surface area (Å²) in [6.07, 6.45) is 0. The quantitative estimate of drug-likeness (QED) is 0.898. The average molecular weight is 314 g/mol. The van der Waals surface area contributed by atoms with Gasteiger partial charge in [-0.1, -0.05) is 12.1 Å². The molecule has 2 N–H and O–H groups in total. The van der Waals surface area contributed by atoms with Crippen molar-refractivity contribution in [1.29, 1.82) is 0 Å². The van der Waals surface area contributed by atoms with Crippen molar-refractivity contribution in [1.82, 2.24) is 5.32 Å². The van der Waals surface area contributed by atoms with Crippen LogP contribution in [0.15, 0.2) is 22.7 Å². The number of amides is 1. The van der Waals surface area contributed by atoms with Crippen LogP contribution in [-0.2, 0) is 4.79 Å². The highest BCUT2D eigenvalue weighted by atomic mass is 79.9. The van der Waals surface area contributed by atoms with Crippen molar-refractivity contribution < 1.29 is 14.7 Å². The number of carbonyl (C=O) groups excluding carboxylic acids is 1. The molecule has 0 fully saturated rings. The smallest absolute Gasteiger partial charge is 0.308 e. The van der Waals surface area contributed by atoms with Crippen molar-refractivity contribution in [3.63, 3.8) is 0 Å². The van der Waals surface area contributed by atoms with Crippen LogP contribution in [0.4, 0.5) is 0 Å². The minimum atomic E-state index is -0.925. The number of carboxylic acid groups (broad SMARTS) is 1. The largest absolute Gasteiger partial charge is 0.481 e. The highest BCUT2D eigenvalue weighted by Crippen LogP contribution is 2.21. The van der Waals surface area contributed by atoms with Gasteiger partial charge in [-0.25, -0.2) is 0 Å². The predicted molar refractivity (Wildman–Crippen MR) is 72.6 cm³/mol. The first-order valence-electron chi connectivity index (χ1n) is 5.63. The Morgan fingerprint density at radius 2 is 1.94 bits per heavy atom. The maximum atomic E-state index is 12.0. The molecular formula is C13H16BrNO3. The summed E-state index contributed by atoms with van der Waals surface area (Å²) in [5, 5.41) is 11.6. The Morgan fingerprint density at radius 1 is 1.33 bits per heavy atom. The summed E-state index contributed by atoms with van der Waals surface area (Å²) in [6.45, 7) is 5.14. The Kier molecular flexibility index (Phi) is 4.90. The van der Waals surface area contributed by atoms with Gasteiger partial charge >= 0.3 is 5.97 Å². The molecule has 0 saturated carbocycles. The van der Waals surface area contributed by atoms with Gasteiger partial charge in [0, 0.05) is 10.5 Å². The molecule has 1 rings (SSSR count). The van der Waals surface area contributed by atoms with Crippen LogP contribution in [0.25, 0.3) is 0 Å². The van der Waals surface area contributed by atoms with Crippen molar-refractivity contribution in [2.75, 3.05) is 0 Å². The summed E-state index contributed by atoms with van der Waals surface area (Å²) in [6, 6.07) is 4.96. The van der Waals surface area contributed by atoms with Crippen molar-refractivity contribution >= 4 is 27.8 Å². The van der Waals surface area contributed by atoms with Gasteiger partial charge in [-0.05, 0) is 48.3 Å². The zero-order chi connectivity index (χ0) is 13.9. The highest BCUT2D eigenvalue weighted by molar-refractivity contribution is 9.10. The van der Waals surface area contributed by atoms with Crippen LogP contribution >= 0.6 is 15.9 Å². The van der Waals surface area contributed by atoms with E-state index in [1.807, 2.05) is 13.0 Å². The topological polar surface area (TPSA) is 66.4 Å². The molecule has 5 heteroatoms. The molecule has 98 valence electrons. The van der Waals surface area contributed by atoms with Gasteiger partial charge < -0.3 is 10.4 Å². The lowest BCUT2D eigenvalue weighted by Gasteiger charge is -2.18. The summed E-state index contributed by atoms with van der Waals surface area (Å²) in [7, 11) is 0. The third kappa shape index (κ3) is 3.32. The molecule has 0 radical (unpaired) electrons. The molecule has 2 unspecified atom stereocenters. The number of nitrogens with one attached hydrogen (secondary N) is 1. The second kappa shape index (κ2) is 6.00.